The van der Waals surface area contributed by atoms with E-state index in [-0.39, 0.29) is 11.3 Å². The maximum atomic E-state index is 13.9. The van der Waals surface area contributed by atoms with Gasteiger partial charge in [-0.3, -0.25) is 19.4 Å². The van der Waals surface area contributed by atoms with Gasteiger partial charge < -0.3 is 20.6 Å². The van der Waals surface area contributed by atoms with E-state index in [4.69, 9.17) is 0 Å². The van der Waals surface area contributed by atoms with Crippen molar-refractivity contribution in [2.75, 3.05) is 12.4 Å². The molecule has 2 aliphatic heterocycles. The summed E-state index contributed by atoms with van der Waals surface area (Å²) in [4.78, 5) is 39.6. The third-order valence-electron chi connectivity index (χ3n) is 6.93. The van der Waals surface area contributed by atoms with Crippen LogP contribution in [0.3, 0.4) is 0 Å². The second-order valence-corrected chi connectivity index (χ2v) is 9.43. The van der Waals surface area contributed by atoms with E-state index in [0.29, 0.717) is 42.0 Å². The molecular formula is C24H25F3N6O3. The SMILES string of the molecule is Cc1c(C(=O)Nc2ccc(F)cc2)c2n(c1C(=O)C(=O)NC1(C3=CNNN3C)CC(F)(F)C1)CCC2. The molecule has 1 saturated carbocycles. The number of alkyl halides is 2. The molecular weight excluding hydrogens is 477 g/mol. The normalized spacial score (nSPS) is 19.1. The number of nitrogens with one attached hydrogen (secondary N) is 4. The Hall–Kier alpha value is -3.80. The Bertz CT molecular complexity index is 1290. The summed E-state index contributed by atoms with van der Waals surface area (Å²) in [6.45, 7) is 2.03. The molecule has 1 aliphatic carbocycles. The Kier molecular flexibility index (Phi) is 5.58. The lowest BCUT2D eigenvalue weighted by molar-refractivity contribution is -0.140. The molecule has 12 heteroatoms. The number of anilines is 1. The van der Waals surface area contributed by atoms with E-state index in [9.17, 15) is 27.6 Å². The zero-order valence-electron chi connectivity index (χ0n) is 19.7. The van der Waals surface area contributed by atoms with Gasteiger partial charge in [0.2, 0.25) is 0 Å². The Morgan fingerprint density at radius 1 is 1.11 bits per heavy atom. The Morgan fingerprint density at radius 2 is 1.81 bits per heavy atom. The lowest BCUT2D eigenvalue weighted by atomic mass is 9.71. The number of benzene rings is 1. The molecule has 1 fully saturated rings. The fraction of sp³-hybridized carbons (Fsp3) is 0.375. The second-order valence-electron chi connectivity index (χ2n) is 9.43. The number of carbonyl (C=O) groups is 3. The molecule has 0 unspecified atom stereocenters. The van der Waals surface area contributed by atoms with Crippen LogP contribution < -0.4 is 21.6 Å². The number of hydrazine groups is 2. The first-order valence-corrected chi connectivity index (χ1v) is 11.5. The summed E-state index contributed by atoms with van der Waals surface area (Å²) in [5, 5.41) is 6.72. The van der Waals surface area contributed by atoms with Crippen molar-refractivity contribution in [2.45, 2.75) is 50.6 Å². The van der Waals surface area contributed by atoms with Crippen LogP contribution in [0.5, 0.6) is 0 Å². The summed E-state index contributed by atoms with van der Waals surface area (Å²) in [6.07, 6.45) is 1.40. The maximum absolute atomic E-state index is 13.9. The highest BCUT2D eigenvalue weighted by molar-refractivity contribution is 6.43. The van der Waals surface area contributed by atoms with Gasteiger partial charge in [-0.05, 0) is 49.6 Å². The fourth-order valence-corrected chi connectivity index (χ4v) is 5.40. The number of fused-ring (bicyclic) bond motifs is 1. The van der Waals surface area contributed by atoms with Gasteiger partial charge in [-0.25, -0.2) is 13.2 Å². The van der Waals surface area contributed by atoms with Crippen LogP contribution in [0.15, 0.2) is 36.2 Å². The molecule has 3 heterocycles. The first-order valence-electron chi connectivity index (χ1n) is 11.5. The fourth-order valence-electron chi connectivity index (χ4n) is 5.40. The molecule has 0 spiro atoms. The van der Waals surface area contributed by atoms with Crippen molar-refractivity contribution in [1.29, 1.82) is 0 Å². The maximum Gasteiger partial charge on any atom is 0.294 e. The summed E-state index contributed by atoms with van der Waals surface area (Å²) < 4.78 is 42.7. The molecule has 3 aliphatic rings. The van der Waals surface area contributed by atoms with E-state index < -0.39 is 47.7 Å². The topological polar surface area (TPSA) is 108 Å². The van der Waals surface area contributed by atoms with Crippen molar-refractivity contribution < 1.29 is 27.6 Å². The smallest absolute Gasteiger partial charge is 0.294 e. The third kappa shape index (κ3) is 3.91. The number of hydrogen-bond acceptors (Lipinski definition) is 6. The first-order chi connectivity index (χ1) is 17.0. The molecule has 0 bridgehead atoms. The molecule has 0 saturated heterocycles. The number of nitrogens with zero attached hydrogens (tertiary/aromatic N) is 2. The van der Waals surface area contributed by atoms with Crippen LogP contribution in [0.2, 0.25) is 0 Å². The van der Waals surface area contributed by atoms with Crippen LogP contribution in [0.25, 0.3) is 0 Å². The van der Waals surface area contributed by atoms with Gasteiger partial charge in [0, 0.05) is 44.0 Å². The van der Waals surface area contributed by atoms with Crippen LogP contribution in [0, 0.1) is 12.7 Å². The van der Waals surface area contributed by atoms with E-state index >= 15 is 0 Å². The molecule has 5 rings (SSSR count). The Morgan fingerprint density at radius 3 is 2.42 bits per heavy atom. The van der Waals surface area contributed by atoms with Crippen molar-refractivity contribution in [3.8, 4) is 0 Å². The summed E-state index contributed by atoms with van der Waals surface area (Å²) in [7, 11) is 1.61. The molecule has 0 atom stereocenters. The second kappa shape index (κ2) is 8.40. The van der Waals surface area contributed by atoms with Gasteiger partial charge in [-0.1, -0.05) is 0 Å². The van der Waals surface area contributed by atoms with Crippen LogP contribution in [-0.2, 0) is 17.8 Å². The van der Waals surface area contributed by atoms with Gasteiger partial charge in [0.25, 0.3) is 23.5 Å². The van der Waals surface area contributed by atoms with Crippen LogP contribution >= 0.6 is 0 Å². The summed E-state index contributed by atoms with van der Waals surface area (Å²) in [5.74, 6) is -5.81. The van der Waals surface area contributed by atoms with E-state index in [1.807, 2.05) is 0 Å². The number of rotatable bonds is 6. The van der Waals surface area contributed by atoms with Crippen molar-refractivity contribution in [2.24, 2.45) is 0 Å². The number of hydrogen-bond donors (Lipinski definition) is 4. The molecule has 36 heavy (non-hydrogen) atoms. The van der Waals surface area contributed by atoms with E-state index in [2.05, 4.69) is 21.6 Å². The number of aromatic nitrogens is 1. The van der Waals surface area contributed by atoms with Gasteiger partial charge >= 0.3 is 0 Å². The standard InChI is InChI=1S/C24H25F3N6O3/c1-13-18(21(35)29-15-7-5-14(25)6-8-15)16-4-3-9-33(16)19(13)20(34)22(36)30-23(11-24(26,27)12-23)17-10-28-31-32(17)2/h5-8,10,28,31H,3-4,9,11-12H2,1-2H3,(H,29,35)(H,30,36). The van der Waals surface area contributed by atoms with Gasteiger partial charge in [-0.2, -0.15) is 0 Å². The summed E-state index contributed by atoms with van der Waals surface area (Å²) in [6, 6.07) is 5.28. The number of ketones is 1. The largest absolute Gasteiger partial charge is 0.341 e. The lowest BCUT2D eigenvalue weighted by Gasteiger charge is -2.49. The molecule has 9 nitrogen and oxygen atoms in total. The van der Waals surface area contributed by atoms with Crippen molar-refractivity contribution >= 4 is 23.3 Å². The quantitative estimate of drug-likeness (QED) is 0.357. The Labute approximate surface area is 204 Å². The molecule has 4 N–H and O–H groups in total. The highest BCUT2D eigenvalue weighted by Gasteiger charge is 2.61. The van der Waals surface area contributed by atoms with Crippen molar-refractivity contribution in [3.05, 3.63) is 64.5 Å². The van der Waals surface area contributed by atoms with E-state index in [1.54, 1.807) is 18.5 Å². The summed E-state index contributed by atoms with van der Waals surface area (Å²) in [5.41, 5.74) is 6.08. The average Bonchev–Trinajstić information content (AvgIpc) is 3.49. The molecule has 0 radical (unpaired) electrons. The molecule has 1 aromatic carbocycles. The van der Waals surface area contributed by atoms with Gasteiger partial charge in [0.1, 0.15) is 5.82 Å². The summed E-state index contributed by atoms with van der Waals surface area (Å²) >= 11 is 0. The number of halogens is 3. The van der Waals surface area contributed by atoms with Crippen molar-refractivity contribution in [1.82, 2.24) is 25.9 Å². The van der Waals surface area contributed by atoms with Crippen molar-refractivity contribution in [3.63, 3.8) is 0 Å². The molecule has 2 aromatic rings. The predicted octanol–water partition coefficient (Wildman–Crippen LogP) is 2.40. The number of likely N-dealkylation sites (N-methyl/N-ethyl adjacent to an activating group) is 1. The number of amides is 2. The monoisotopic (exact) mass is 502 g/mol. The van der Waals surface area contributed by atoms with E-state index in [0.717, 1.165) is 0 Å². The number of carbonyl (C=O) groups excluding carboxylic acids is 3. The Balaban J connectivity index is 1.42. The average molecular weight is 502 g/mol. The van der Waals surface area contributed by atoms with Gasteiger partial charge in [0.15, 0.2) is 0 Å². The minimum atomic E-state index is -2.97. The van der Waals surface area contributed by atoms with Gasteiger partial charge in [0.05, 0.1) is 22.5 Å². The van der Waals surface area contributed by atoms with Gasteiger partial charge in [-0.15, -0.1) is 5.53 Å². The van der Waals surface area contributed by atoms with Crippen LogP contribution in [0.1, 0.15) is 51.4 Å². The minimum absolute atomic E-state index is 0.0653. The zero-order valence-corrected chi connectivity index (χ0v) is 19.7. The zero-order chi connectivity index (χ0) is 25.8. The van der Waals surface area contributed by atoms with Crippen LogP contribution in [0.4, 0.5) is 18.9 Å². The lowest BCUT2D eigenvalue weighted by Crippen LogP contribution is -2.66. The highest BCUT2D eigenvalue weighted by Crippen LogP contribution is 2.50. The molecule has 1 aromatic heterocycles. The third-order valence-corrected chi connectivity index (χ3v) is 6.93. The highest BCUT2D eigenvalue weighted by atomic mass is 19.3. The first kappa shape index (κ1) is 23.9. The van der Waals surface area contributed by atoms with Crippen LogP contribution in [-0.4, -0.2) is 45.7 Å². The minimum Gasteiger partial charge on any atom is -0.341 e. The molecule has 2 amide bonds. The predicted molar refractivity (Wildman–Crippen MR) is 123 cm³/mol. The van der Waals surface area contributed by atoms with E-state index in [1.165, 1.54) is 35.5 Å². The number of Topliss-reactive ketones (excluding diaryl/α,β-unsaturated/α-hetero) is 1. The molecule has 190 valence electrons.